The van der Waals surface area contributed by atoms with Gasteiger partial charge in [0.15, 0.2) is 5.96 Å². The first-order valence-corrected chi connectivity index (χ1v) is 7.49. The molecular formula is C16H26F2IN3O. The molecule has 0 heterocycles. The molecule has 1 rings (SSSR count). The molecule has 0 aliphatic carbocycles. The van der Waals surface area contributed by atoms with Crippen LogP contribution in [0.15, 0.2) is 23.2 Å². The van der Waals surface area contributed by atoms with Crippen molar-refractivity contribution in [3.8, 4) is 0 Å². The number of hydrogen-bond acceptors (Lipinski definition) is 2. The Kier molecular flexibility index (Phi) is 11.9. The number of hydrogen-bond donors (Lipinski definition) is 2. The van der Waals surface area contributed by atoms with E-state index in [1.807, 2.05) is 0 Å². The summed E-state index contributed by atoms with van der Waals surface area (Å²) in [6.07, 6.45) is 0.849. The molecule has 1 aromatic carbocycles. The number of ether oxygens (including phenoxy) is 1. The summed E-state index contributed by atoms with van der Waals surface area (Å²) in [5.41, 5.74) is 0.267. The maximum absolute atomic E-state index is 13.5. The van der Waals surface area contributed by atoms with Gasteiger partial charge >= 0.3 is 0 Å². The van der Waals surface area contributed by atoms with Gasteiger partial charge in [-0.05, 0) is 30.5 Å². The molecular weight excluding hydrogens is 415 g/mol. The van der Waals surface area contributed by atoms with E-state index in [0.717, 1.165) is 25.2 Å². The van der Waals surface area contributed by atoms with Crippen molar-refractivity contribution in [2.75, 3.05) is 26.8 Å². The molecule has 0 saturated carbocycles. The summed E-state index contributed by atoms with van der Waals surface area (Å²) >= 11 is 0. The van der Waals surface area contributed by atoms with E-state index in [1.165, 1.54) is 6.07 Å². The van der Waals surface area contributed by atoms with Crippen LogP contribution in [0.1, 0.15) is 25.8 Å². The van der Waals surface area contributed by atoms with Crippen molar-refractivity contribution in [2.24, 2.45) is 10.9 Å². The van der Waals surface area contributed by atoms with Crippen LogP contribution in [0.4, 0.5) is 8.78 Å². The van der Waals surface area contributed by atoms with Gasteiger partial charge in [-0.15, -0.1) is 24.0 Å². The van der Waals surface area contributed by atoms with E-state index < -0.39 is 11.6 Å². The van der Waals surface area contributed by atoms with E-state index in [4.69, 9.17) is 4.74 Å². The Balaban J connectivity index is 0.00000484. The molecule has 0 saturated heterocycles. The lowest BCUT2D eigenvalue weighted by atomic mass is 10.2. The Hall–Kier alpha value is -0.960. The van der Waals surface area contributed by atoms with Crippen LogP contribution < -0.4 is 10.6 Å². The smallest absolute Gasteiger partial charge is 0.191 e. The molecule has 23 heavy (non-hydrogen) atoms. The van der Waals surface area contributed by atoms with Crippen LogP contribution in [0.3, 0.4) is 0 Å². The molecule has 1 aromatic rings. The fourth-order valence-electron chi connectivity index (χ4n) is 1.78. The van der Waals surface area contributed by atoms with E-state index in [-0.39, 0.29) is 36.1 Å². The van der Waals surface area contributed by atoms with Gasteiger partial charge in [0.25, 0.3) is 0 Å². The topological polar surface area (TPSA) is 45.7 Å². The van der Waals surface area contributed by atoms with Gasteiger partial charge < -0.3 is 15.4 Å². The van der Waals surface area contributed by atoms with Crippen LogP contribution in [-0.2, 0) is 11.3 Å². The van der Waals surface area contributed by atoms with Crippen molar-refractivity contribution < 1.29 is 13.5 Å². The zero-order chi connectivity index (χ0) is 16.4. The molecule has 0 spiro atoms. The number of aliphatic imine (C=N–C) groups is 1. The second kappa shape index (κ2) is 12.5. The molecule has 0 aliphatic rings. The molecule has 0 aliphatic heterocycles. The Labute approximate surface area is 154 Å². The van der Waals surface area contributed by atoms with Gasteiger partial charge in [-0.3, -0.25) is 4.99 Å². The normalized spacial score (nSPS) is 11.3. The lowest BCUT2D eigenvalue weighted by Gasteiger charge is -2.13. The quantitative estimate of drug-likeness (QED) is 0.282. The second-order valence-electron chi connectivity index (χ2n) is 5.41. The van der Waals surface area contributed by atoms with E-state index >= 15 is 0 Å². The van der Waals surface area contributed by atoms with E-state index in [2.05, 4.69) is 29.5 Å². The van der Waals surface area contributed by atoms with Gasteiger partial charge in [-0.1, -0.05) is 13.8 Å². The zero-order valence-electron chi connectivity index (χ0n) is 13.9. The highest BCUT2D eigenvalue weighted by molar-refractivity contribution is 14.0. The summed E-state index contributed by atoms with van der Waals surface area (Å²) < 4.78 is 32.1. The van der Waals surface area contributed by atoms with Crippen molar-refractivity contribution in [2.45, 2.75) is 26.8 Å². The minimum absolute atomic E-state index is 0. The van der Waals surface area contributed by atoms with Crippen LogP contribution in [0, 0.1) is 17.6 Å². The summed E-state index contributed by atoms with van der Waals surface area (Å²) in [5, 5.41) is 6.06. The number of benzene rings is 1. The Morgan fingerprint density at radius 3 is 2.65 bits per heavy atom. The highest BCUT2D eigenvalue weighted by atomic mass is 127. The fourth-order valence-corrected chi connectivity index (χ4v) is 1.78. The lowest BCUT2D eigenvalue weighted by molar-refractivity contribution is 0.108. The first-order chi connectivity index (χ1) is 10.5. The largest absolute Gasteiger partial charge is 0.381 e. The first-order valence-electron chi connectivity index (χ1n) is 7.49. The highest BCUT2D eigenvalue weighted by Gasteiger charge is 2.05. The summed E-state index contributed by atoms with van der Waals surface area (Å²) in [6, 6.07) is 3.40. The summed E-state index contributed by atoms with van der Waals surface area (Å²) in [7, 11) is 1.63. The number of rotatable bonds is 8. The maximum Gasteiger partial charge on any atom is 0.191 e. The molecule has 7 heteroatoms. The number of halogens is 3. The monoisotopic (exact) mass is 441 g/mol. The first kappa shape index (κ1) is 22.0. The summed E-state index contributed by atoms with van der Waals surface area (Å²) in [6.45, 7) is 6.52. The highest BCUT2D eigenvalue weighted by Crippen LogP contribution is 2.08. The predicted molar refractivity (Wildman–Crippen MR) is 100 cm³/mol. The van der Waals surface area contributed by atoms with Gasteiger partial charge in [0.1, 0.15) is 11.6 Å². The van der Waals surface area contributed by atoms with Crippen LogP contribution in [0.5, 0.6) is 0 Å². The standard InChI is InChI=1S/C16H25F2N3O.HI/c1-12(2)11-22-8-4-7-20-16(19-3)21-10-13-9-14(17)5-6-15(13)18;/h5-6,9,12H,4,7-8,10-11H2,1-3H3,(H2,19,20,21);1H. The van der Waals surface area contributed by atoms with Gasteiger partial charge in [-0.2, -0.15) is 0 Å². The SMILES string of the molecule is CN=C(NCCCOCC(C)C)NCc1cc(F)ccc1F.I. The predicted octanol–water partition coefficient (Wildman–Crippen LogP) is 3.31. The minimum Gasteiger partial charge on any atom is -0.381 e. The van der Waals surface area contributed by atoms with E-state index in [0.29, 0.717) is 25.0 Å². The van der Waals surface area contributed by atoms with Crippen LogP contribution >= 0.6 is 24.0 Å². The minimum atomic E-state index is -0.455. The maximum atomic E-state index is 13.5. The van der Waals surface area contributed by atoms with Crippen molar-refractivity contribution in [1.29, 1.82) is 0 Å². The molecule has 0 fully saturated rings. The third-order valence-electron chi connectivity index (χ3n) is 2.89. The van der Waals surface area contributed by atoms with Crippen LogP contribution in [-0.4, -0.2) is 32.8 Å². The van der Waals surface area contributed by atoms with Crippen molar-refractivity contribution >= 4 is 29.9 Å². The molecule has 4 nitrogen and oxygen atoms in total. The molecule has 0 amide bonds. The third kappa shape index (κ3) is 9.70. The van der Waals surface area contributed by atoms with Crippen LogP contribution in [0.2, 0.25) is 0 Å². The number of nitrogens with zero attached hydrogens (tertiary/aromatic N) is 1. The van der Waals surface area contributed by atoms with Gasteiger partial charge in [-0.25, -0.2) is 8.78 Å². The van der Waals surface area contributed by atoms with E-state index in [1.54, 1.807) is 7.05 Å². The molecule has 0 radical (unpaired) electrons. The van der Waals surface area contributed by atoms with Crippen molar-refractivity contribution in [1.82, 2.24) is 10.6 Å². The molecule has 0 bridgehead atoms. The molecule has 132 valence electrons. The summed E-state index contributed by atoms with van der Waals surface area (Å²) in [4.78, 5) is 4.04. The average Bonchev–Trinajstić information content (AvgIpc) is 2.48. The Morgan fingerprint density at radius 2 is 2.00 bits per heavy atom. The average molecular weight is 441 g/mol. The molecule has 0 unspecified atom stereocenters. The third-order valence-corrected chi connectivity index (χ3v) is 2.89. The second-order valence-corrected chi connectivity index (χ2v) is 5.41. The zero-order valence-corrected chi connectivity index (χ0v) is 16.2. The van der Waals surface area contributed by atoms with Crippen LogP contribution in [0.25, 0.3) is 0 Å². The van der Waals surface area contributed by atoms with Crippen molar-refractivity contribution in [3.05, 3.63) is 35.4 Å². The Bertz CT molecular complexity index is 484. The molecule has 0 atom stereocenters. The van der Waals surface area contributed by atoms with E-state index in [9.17, 15) is 8.78 Å². The fraction of sp³-hybridized carbons (Fsp3) is 0.562. The molecule has 2 N–H and O–H groups in total. The molecule has 0 aromatic heterocycles. The lowest BCUT2D eigenvalue weighted by Crippen LogP contribution is -2.37. The van der Waals surface area contributed by atoms with Gasteiger partial charge in [0, 0.05) is 38.9 Å². The number of nitrogens with one attached hydrogen (secondary N) is 2. The van der Waals surface area contributed by atoms with Gasteiger partial charge in [0.2, 0.25) is 0 Å². The van der Waals surface area contributed by atoms with Crippen molar-refractivity contribution in [3.63, 3.8) is 0 Å². The van der Waals surface area contributed by atoms with Gasteiger partial charge in [0.05, 0.1) is 0 Å². The number of guanidine groups is 1. The Morgan fingerprint density at radius 1 is 1.26 bits per heavy atom. The summed E-state index contributed by atoms with van der Waals surface area (Å²) in [5.74, 6) is 0.186.